The van der Waals surface area contributed by atoms with Gasteiger partial charge in [0.05, 0.1) is 13.2 Å². The van der Waals surface area contributed by atoms with E-state index in [4.69, 9.17) is 9.84 Å². The lowest BCUT2D eigenvalue weighted by atomic mass is 10.2. The lowest BCUT2D eigenvalue weighted by Crippen LogP contribution is -2.26. The summed E-state index contributed by atoms with van der Waals surface area (Å²) in [4.78, 5) is 1.11. The predicted octanol–water partition coefficient (Wildman–Crippen LogP) is 1.18. The Balaban J connectivity index is 2.47. The van der Waals surface area contributed by atoms with E-state index in [1.807, 2.05) is 13.0 Å². The van der Waals surface area contributed by atoms with Crippen LogP contribution in [0.4, 0.5) is 0 Å². The lowest BCUT2D eigenvalue weighted by Gasteiger charge is -2.12. The Morgan fingerprint density at radius 2 is 2.36 bits per heavy atom. The average molecular weight is 216 g/mol. The highest BCUT2D eigenvalue weighted by molar-refractivity contribution is 7.06. The van der Waals surface area contributed by atoms with Crippen LogP contribution in [0.2, 0.25) is 0 Å². The van der Waals surface area contributed by atoms with Crippen LogP contribution >= 0.6 is 11.5 Å². The minimum Gasteiger partial charge on any atom is -0.480 e. The van der Waals surface area contributed by atoms with Crippen molar-refractivity contribution in [2.45, 2.75) is 26.0 Å². The molecular weight excluding hydrogens is 200 g/mol. The number of rotatable bonds is 5. The van der Waals surface area contributed by atoms with E-state index in [2.05, 4.69) is 9.69 Å². The fourth-order valence-electron chi connectivity index (χ4n) is 1.02. The van der Waals surface area contributed by atoms with Crippen LogP contribution in [0, 0.1) is 0 Å². The van der Waals surface area contributed by atoms with Gasteiger partial charge in [-0.25, -0.2) is 0 Å². The number of aromatic nitrogens is 1. The molecule has 0 aromatic carbocycles. The van der Waals surface area contributed by atoms with Gasteiger partial charge in [0.15, 0.2) is 0 Å². The van der Waals surface area contributed by atoms with Gasteiger partial charge < -0.3 is 15.2 Å². The summed E-state index contributed by atoms with van der Waals surface area (Å²) < 4.78 is 9.09. The van der Waals surface area contributed by atoms with Gasteiger partial charge in [0, 0.05) is 23.5 Å². The molecule has 0 amide bonds. The molecule has 2 unspecified atom stereocenters. The summed E-state index contributed by atoms with van der Waals surface area (Å²) in [5, 5.41) is 12.3. The molecule has 14 heavy (non-hydrogen) atoms. The molecule has 0 radical (unpaired) electrons. The third-order valence-corrected chi connectivity index (χ3v) is 2.82. The largest absolute Gasteiger partial charge is 0.480 e. The van der Waals surface area contributed by atoms with Crippen LogP contribution < -0.4 is 10.1 Å². The predicted molar refractivity (Wildman–Crippen MR) is 56.8 cm³/mol. The molecule has 0 aliphatic carbocycles. The van der Waals surface area contributed by atoms with Gasteiger partial charge in [0.25, 0.3) is 0 Å². The zero-order chi connectivity index (χ0) is 10.6. The SMILES string of the molecule is COc1cc(C(C)NCC(C)O)sn1. The van der Waals surface area contributed by atoms with Crippen molar-refractivity contribution in [1.29, 1.82) is 0 Å². The minimum atomic E-state index is -0.327. The highest BCUT2D eigenvalue weighted by Gasteiger charge is 2.10. The zero-order valence-corrected chi connectivity index (χ0v) is 9.47. The van der Waals surface area contributed by atoms with E-state index in [9.17, 15) is 0 Å². The number of ether oxygens (including phenoxy) is 1. The van der Waals surface area contributed by atoms with Crippen LogP contribution in [0.1, 0.15) is 24.8 Å². The first-order valence-corrected chi connectivity index (χ1v) is 5.33. The first-order chi connectivity index (χ1) is 6.63. The molecule has 80 valence electrons. The van der Waals surface area contributed by atoms with E-state index in [0.717, 1.165) is 4.88 Å². The topological polar surface area (TPSA) is 54.4 Å². The van der Waals surface area contributed by atoms with Crippen molar-refractivity contribution in [2.75, 3.05) is 13.7 Å². The van der Waals surface area contributed by atoms with Crippen molar-refractivity contribution in [1.82, 2.24) is 9.69 Å². The standard InChI is InChI=1S/C9H16N2O2S/c1-6(12)5-10-7(2)8-4-9(13-3)11-14-8/h4,6-7,10,12H,5H2,1-3H3. The number of methoxy groups -OCH3 is 1. The summed E-state index contributed by atoms with van der Waals surface area (Å²) in [6.07, 6.45) is -0.327. The summed E-state index contributed by atoms with van der Waals surface area (Å²) in [6.45, 7) is 4.38. The number of nitrogens with zero attached hydrogens (tertiary/aromatic N) is 1. The average Bonchev–Trinajstić information content (AvgIpc) is 2.62. The Bertz CT molecular complexity index is 276. The number of hydrogen-bond donors (Lipinski definition) is 2. The van der Waals surface area contributed by atoms with Crippen LogP contribution in [0.3, 0.4) is 0 Å². The molecule has 0 saturated heterocycles. The maximum absolute atomic E-state index is 9.10. The third kappa shape index (κ3) is 3.25. The number of aliphatic hydroxyl groups excluding tert-OH is 1. The number of nitrogens with one attached hydrogen (secondary N) is 1. The Morgan fingerprint density at radius 1 is 1.64 bits per heavy atom. The molecule has 1 aromatic heterocycles. The van der Waals surface area contributed by atoms with Crippen LogP contribution in [0.5, 0.6) is 5.88 Å². The van der Waals surface area contributed by atoms with Crippen molar-refractivity contribution in [3.8, 4) is 5.88 Å². The number of aliphatic hydroxyl groups is 1. The molecule has 0 fully saturated rings. The van der Waals surface area contributed by atoms with Crippen molar-refractivity contribution in [3.05, 3.63) is 10.9 Å². The van der Waals surface area contributed by atoms with Crippen molar-refractivity contribution < 1.29 is 9.84 Å². The van der Waals surface area contributed by atoms with Gasteiger partial charge in [-0.2, -0.15) is 4.37 Å². The fourth-order valence-corrected chi connectivity index (χ4v) is 1.74. The maximum Gasteiger partial charge on any atom is 0.225 e. The summed E-state index contributed by atoms with van der Waals surface area (Å²) >= 11 is 1.41. The fraction of sp³-hybridized carbons (Fsp3) is 0.667. The number of hydrogen-bond acceptors (Lipinski definition) is 5. The molecule has 0 saturated carbocycles. The molecule has 0 bridgehead atoms. The normalized spacial score (nSPS) is 15.1. The van der Waals surface area contributed by atoms with E-state index in [-0.39, 0.29) is 12.1 Å². The summed E-state index contributed by atoms with van der Waals surface area (Å²) in [7, 11) is 1.60. The van der Waals surface area contributed by atoms with Crippen LogP contribution in [-0.4, -0.2) is 29.2 Å². The van der Waals surface area contributed by atoms with Gasteiger partial charge in [-0.15, -0.1) is 0 Å². The molecule has 5 heteroatoms. The lowest BCUT2D eigenvalue weighted by molar-refractivity contribution is 0.187. The van der Waals surface area contributed by atoms with Crippen LogP contribution in [0.15, 0.2) is 6.07 Å². The second kappa shape index (κ2) is 5.29. The van der Waals surface area contributed by atoms with Gasteiger partial charge >= 0.3 is 0 Å². The van der Waals surface area contributed by atoms with Gasteiger partial charge in [-0.05, 0) is 25.4 Å². The second-order valence-electron chi connectivity index (χ2n) is 3.25. The highest BCUT2D eigenvalue weighted by Crippen LogP contribution is 2.22. The highest BCUT2D eigenvalue weighted by atomic mass is 32.1. The zero-order valence-electron chi connectivity index (χ0n) is 8.65. The Hall–Kier alpha value is -0.650. The third-order valence-electron chi connectivity index (χ3n) is 1.86. The molecule has 4 nitrogen and oxygen atoms in total. The van der Waals surface area contributed by atoms with E-state index in [0.29, 0.717) is 12.4 Å². The van der Waals surface area contributed by atoms with E-state index in [1.54, 1.807) is 14.0 Å². The monoisotopic (exact) mass is 216 g/mol. The summed E-state index contributed by atoms with van der Waals surface area (Å²) in [5.41, 5.74) is 0. The van der Waals surface area contributed by atoms with Crippen molar-refractivity contribution in [2.24, 2.45) is 0 Å². The summed E-state index contributed by atoms with van der Waals surface area (Å²) in [6, 6.07) is 2.11. The molecule has 1 rings (SSSR count). The van der Waals surface area contributed by atoms with Gasteiger partial charge in [-0.3, -0.25) is 0 Å². The molecule has 1 heterocycles. The van der Waals surface area contributed by atoms with Gasteiger partial charge in [0.2, 0.25) is 5.88 Å². The molecular formula is C9H16N2O2S. The first kappa shape index (κ1) is 11.4. The second-order valence-corrected chi connectivity index (χ2v) is 4.09. The van der Waals surface area contributed by atoms with E-state index >= 15 is 0 Å². The minimum absolute atomic E-state index is 0.200. The van der Waals surface area contributed by atoms with Crippen molar-refractivity contribution >= 4 is 11.5 Å². The van der Waals surface area contributed by atoms with Gasteiger partial charge in [0.1, 0.15) is 0 Å². The molecule has 2 atom stereocenters. The molecule has 1 aromatic rings. The van der Waals surface area contributed by atoms with E-state index < -0.39 is 0 Å². The Labute approximate surface area is 88.1 Å². The van der Waals surface area contributed by atoms with Crippen molar-refractivity contribution in [3.63, 3.8) is 0 Å². The van der Waals surface area contributed by atoms with E-state index in [1.165, 1.54) is 11.5 Å². The smallest absolute Gasteiger partial charge is 0.225 e. The first-order valence-electron chi connectivity index (χ1n) is 4.55. The van der Waals surface area contributed by atoms with Gasteiger partial charge in [-0.1, -0.05) is 0 Å². The quantitative estimate of drug-likeness (QED) is 0.776. The van der Waals surface area contributed by atoms with Crippen LogP contribution in [0.25, 0.3) is 0 Å². The van der Waals surface area contributed by atoms with Crippen LogP contribution in [-0.2, 0) is 0 Å². The molecule has 0 aliphatic rings. The molecule has 0 aliphatic heterocycles. The molecule has 2 N–H and O–H groups in total. The maximum atomic E-state index is 9.10. The Morgan fingerprint density at radius 3 is 2.86 bits per heavy atom. The molecule has 0 spiro atoms. The Kier molecular flexibility index (Phi) is 4.31. The summed E-state index contributed by atoms with van der Waals surface area (Å²) in [5.74, 6) is 0.649.